The Morgan fingerprint density at radius 2 is 1.57 bits per heavy atom. The molecule has 0 fully saturated rings. The number of alkyl halides is 1. The zero-order valence-corrected chi connectivity index (χ0v) is 14.9. The molecule has 0 spiro atoms. The molecule has 2 rings (SSSR count). The van der Waals surface area contributed by atoms with E-state index in [0.29, 0.717) is 0 Å². The number of hydrogen-bond donors (Lipinski definition) is 0. The molecule has 0 saturated carbocycles. The SMILES string of the molecule is COc1cc(C)c(C(Br)c2cc(C)cc(Cl)c2)cc1OC. The van der Waals surface area contributed by atoms with E-state index < -0.39 is 0 Å². The fourth-order valence-corrected chi connectivity index (χ4v) is 3.42. The van der Waals surface area contributed by atoms with Gasteiger partial charge in [0.15, 0.2) is 11.5 Å². The average Bonchev–Trinajstić information content (AvgIpc) is 2.45. The van der Waals surface area contributed by atoms with Gasteiger partial charge in [0.2, 0.25) is 0 Å². The van der Waals surface area contributed by atoms with Gasteiger partial charge in [-0.25, -0.2) is 0 Å². The fraction of sp³-hybridized carbons (Fsp3) is 0.294. The Hall–Kier alpha value is -1.19. The lowest BCUT2D eigenvalue weighted by molar-refractivity contribution is 0.354. The van der Waals surface area contributed by atoms with Crippen LogP contribution in [-0.4, -0.2) is 14.2 Å². The molecule has 0 amide bonds. The summed E-state index contributed by atoms with van der Waals surface area (Å²) >= 11 is 9.93. The predicted molar refractivity (Wildman–Crippen MR) is 91.2 cm³/mol. The number of benzene rings is 2. The third-order valence-corrected chi connectivity index (χ3v) is 4.64. The number of halogens is 2. The largest absolute Gasteiger partial charge is 0.493 e. The van der Waals surface area contributed by atoms with Gasteiger partial charge in [0.1, 0.15) is 0 Å². The molecule has 0 heterocycles. The third-order valence-electron chi connectivity index (χ3n) is 3.40. The first-order valence-electron chi connectivity index (χ1n) is 6.60. The highest BCUT2D eigenvalue weighted by molar-refractivity contribution is 9.09. The number of hydrogen-bond acceptors (Lipinski definition) is 2. The Balaban J connectivity index is 2.49. The minimum Gasteiger partial charge on any atom is -0.493 e. The highest BCUT2D eigenvalue weighted by Gasteiger charge is 2.17. The van der Waals surface area contributed by atoms with Gasteiger partial charge in [0.05, 0.1) is 19.0 Å². The van der Waals surface area contributed by atoms with E-state index in [1.165, 1.54) is 0 Å². The predicted octanol–water partition coefficient (Wildman–Crippen LogP) is 5.46. The summed E-state index contributed by atoms with van der Waals surface area (Å²) in [6.45, 7) is 4.10. The quantitative estimate of drug-likeness (QED) is 0.666. The Kier molecular flexibility index (Phi) is 5.17. The van der Waals surface area contributed by atoms with Gasteiger partial charge in [-0.05, 0) is 60.4 Å². The van der Waals surface area contributed by atoms with E-state index in [9.17, 15) is 0 Å². The van der Waals surface area contributed by atoms with Gasteiger partial charge in [-0.1, -0.05) is 33.6 Å². The summed E-state index contributed by atoms with van der Waals surface area (Å²) in [5.41, 5.74) is 4.52. The van der Waals surface area contributed by atoms with Crippen molar-refractivity contribution in [3.05, 3.63) is 57.6 Å². The molecule has 0 radical (unpaired) electrons. The van der Waals surface area contributed by atoms with Crippen LogP contribution in [0.25, 0.3) is 0 Å². The van der Waals surface area contributed by atoms with E-state index in [1.54, 1.807) is 14.2 Å². The molecule has 0 aromatic heterocycles. The van der Waals surface area contributed by atoms with Crippen LogP contribution in [-0.2, 0) is 0 Å². The Bertz CT molecular complexity index is 635. The van der Waals surface area contributed by atoms with Crippen LogP contribution >= 0.6 is 27.5 Å². The van der Waals surface area contributed by atoms with Crippen LogP contribution in [0.2, 0.25) is 5.02 Å². The molecule has 0 bridgehead atoms. The molecule has 4 heteroatoms. The van der Waals surface area contributed by atoms with E-state index >= 15 is 0 Å². The van der Waals surface area contributed by atoms with E-state index in [1.807, 2.05) is 31.2 Å². The second-order valence-electron chi connectivity index (χ2n) is 4.99. The van der Waals surface area contributed by atoms with Crippen molar-refractivity contribution in [2.45, 2.75) is 18.7 Å². The Morgan fingerprint density at radius 1 is 0.952 bits per heavy atom. The van der Waals surface area contributed by atoms with Crippen molar-refractivity contribution in [2.24, 2.45) is 0 Å². The number of rotatable bonds is 4. The van der Waals surface area contributed by atoms with E-state index in [-0.39, 0.29) is 4.83 Å². The van der Waals surface area contributed by atoms with Crippen LogP contribution in [0, 0.1) is 13.8 Å². The first-order valence-corrected chi connectivity index (χ1v) is 7.89. The lowest BCUT2D eigenvalue weighted by atomic mass is 9.98. The molecule has 1 atom stereocenters. The standard InChI is InChI=1S/C17H18BrClO2/c1-10-5-12(8-13(19)6-10)17(18)14-9-16(21-4)15(20-3)7-11(14)2/h5-9,17H,1-4H3. The van der Waals surface area contributed by atoms with Crippen molar-refractivity contribution in [3.63, 3.8) is 0 Å². The third kappa shape index (κ3) is 3.53. The molecule has 0 aliphatic heterocycles. The first kappa shape index (κ1) is 16.2. The van der Waals surface area contributed by atoms with Crippen molar-refractivity contribution in [2.75, 3.05) is 14.2 Å². The maximum Gasteiger partial charge on any atom is 0.161 e. The monoisotopic (exact) mass is 368 g/mol. The maximum atomic E-state index is 6.16. The summed E-state index contributed by atoms with van der Waals surface area (Å²) in [5.74, 6) is 1.46. The Labute approximate surface area is 139 Å². The normalized spacial score (nSPS) is 12.1. The summed E-state index contributed by atoms with van der Waals surface area (Å²) in [4.78, 5) is 0.0507. The van der Waals surface area contributed by atoms with Gasteiger partial charge in [0.25, 0.3) is 0 Å². The summed E-state index contributed by atoms with van der Waals surface area (Å²) < 4.78 is 10.7. The summed E-state index contributed by atoms with van der Waals surface area (Å²) in [6.07, 6.45) is 0. The molecular formula is C17H18BrClO2. The van der Waals surface area contributed by atoms with Crippen molar-refractivity contribution in [1.82, 2.24) is 0 Å². The summed E-state index contributed by atoms with van der Waals surface area (Å²) in [6, 6.07) is 10.0. The zero-order chi connectivity index (χ0) is 15.6. The topological polar surface area (TPSA) is 18.5 Å². The highest BCUT2D eigenvalue weighted by atomic mass is 79.9. The lowest BCUT2D eigenvalue weighted by Crippen LogP contribution is -2.00. The number of ether oxygens (including phenoxy) is 2. The maximum absolute atomic E-state index is 6.16. The van der Waals surface area contributed by atoms with Crippen molar-refractivity contribution in [1.29, 1.82) is 0 Å². The van der Waals surface area contributed by atoms with Crippen molar-refractivity contribution < 1.29 is 9.47 Å². The highest BCUT2D eigenvalue weighted by Crippen LogP contribution is 2.39. The smallest absolute Gasteiger partial charge is 0.161 e. The van der Waals surface area contributed by atoms with E-state index in [4.69, 9.17) is 21.1 Å². The van der Waals surface area contributed by atoms with Crippen LogP contribution in [0.4, 0.5) is 0 Å². The van der Waals surface area contributed by atoms with Crippen molar-refractivity contribution >= 4 is 27.5 Å². The molecule has 21 heavy (non-hydrogen) atoms. The molecular weight excluding hydrogens is 352 g/mol. The fourth-order valence-electron chi connectivity index (χ4n) is 2.36. The van der Waals surface area contributed by atoms with Crippen LogP contribution < -0.4 is 9.47 Å². The van der Waals surface area contributed by atoms with Gasteiger partial charge in [0, 0.05) is 5.02 Å². The van der Waals surface area contributed by atoms with Gasteiger partial charge < -0.3 is 9.47 Å². The van der Waals surface area contributed by atoms with E-state index in [2.05, 4.69) is 28.9 Å². The van der Waals surface area contributed by atoms with Crippen molar-refractivity contribution in [3.8, 4) is 11.5 Å². The van der Waals surface area contributed by atoms with Gasteiger partial charge in [-0.15, -0.1) is 0 Å². The summed E-state index contributed by atoms with van der Waals surface area (Å²) in [7, 11) is 3.28. The minimum atomic E-state index is 0.0507. The molecule has 2 aromatic carbocycles. The van der Waals surface area contributed by atoms with Crippen LogP contribution in [0.15, 0.2) is 30.3 Å². The first-order chi connectivity index (χ1) is 9.96. The Morgan fingerprint density at radius 3 is 2.14 bits per heavy atom. The van der Waals surface area contributed by atoms with Crippen LogP contribution in [0.3, 0.4) is 0 Å². The molecule has 0 aliphatic rings. The lowest BCUT2D eigenvalue weighted by Gasteiger charge is -2.18. The van der Waals surface area contributed by atoms with Gasteiger partial charge in [-0.3, -0.25) is 0 Å². The molecule has 1 unspecified atom stereocenters. The minimum absolute atomic E-state index is 0.0507. The molecule has 0 aliphatic carbocycles. The second kappa shape index (κ2) is 6.71. The molecule has 0 N–H and O–H groups in total. The molecule has 2 nitrogen and oxygen atoms in total. The molecule has 0 saturated heterocycles. The molecule has 2 aromatic rings. The average molecular weight is 370 g/mol. The van der Waals surface area contributed by atoms with Gasteiger partial charge >= 0.3 is 0 Å². The van der Waals surface area contributed by atoms with Crippen LogP contribution in [0.5, 0.6) is 11.5 Å². The summed E-state index contributed by atoms with van der Waals surface area (Å²) in [5, 5.41) is 0.743. The zero-order valence-electron chi connectivity index (χ0n) is 12.5. The number of aryl methyl sites for hydroxylation is 2. The van der Waals surface area contributed by atoms with Gasteiger partial charge in [-0.2, -0.15) is 0 Å². The van der Waals surface area contributed by atoms with E-state index in [0.717, 1.165) is 38.8 Å². The van der Waals surface area contributed by atoms with Crippen LogP contribution in [0.1, 0.15) is 27.1 Å². The second-order valence-corrected chi connectivity index (χ2v) is 6.34. The molecule has 112 valence electrons. The number of methoxy groups -OCH3 is 2.